The summed E-state index contributed by atoms with van der Waals surface area (Å²) >= 11 is 7.24. The molecule has 1 aliphatic rings. The molecule has 12 heteroatoms. The highest BCUT2D eigenvalue weighted by Gasteiger charge is 2.24. The number of aryl methyl sites for hydroxylation is 2. The average molecular weight is 504 g/mol. The number of halogens is 1. The van der Waals surface area contributed by atoms with Crippen molar-refractivity contribution < 1.29 is 15.0 Å². The number of amides is 1. The molecule has 3 N–H and O–H groups in total. The van der Waals surface area contributed by atoms with Gasteiger partial charge < -0.3 is 20.5 Å². The number of quaternary nitrogens is 1. The number of aliphatic hydroxyl groups excluding tert-OH is 1. The number of hydrogen-bond acceptors (Lipinski definition) is 10. The van der Waals surface area contributed by atoms with Crippen molar-refractivity contribution in [1.82, 2.24) is 19.9 Å². The molecule has 0 bridgehead atoms. The number of carbonyl (C=O) groups excluding carboxylic acids is 1. The Morgan fingerprint density at radius 3 is 2.74 bits per heavy atom. The fourth-order valence-corrected chi connectivity index (χ4v) is 4.88. The summed E-state index contributed by atoms with van der Waals surface area (Å²) in [4.78, 5) is 30.6. The van der Waals surface area contributed by atoms with Crippen LogP contribution in [0.2, 0.25) is 5.02 Å². The summed E-state index contributed by atoms with van der Waals surface area (Å²) in [6.07, 6.45) is 1.38. The zero-order chi connectivity index (χ0) is 24.2. The maximum Gasteiger partial charge on any atom is 0.361 e. The Morgan fingerprint density at radius 2 is 2.03 bits per heavy atom. The number of piperazine rings is 1. The van der Waals surface area contributed by atoms with E-state index in [9.17, 15) is 10.0 Å². The number of para-hydroxylation sites is 1. The first-order valence-corrected chi connectivity index (χ1v) is 12.1. The molecule has 4 rings (SSSR count). The fourth-order valence-electron chi connectivity index (χ4n) is 3.81. The number of aromatic nitrogens is 3. The van der Waals surface area contributed by atoms with E-state index >= 15 is 0 Å². The Kier molecular flexibility index (Phi) is 7.71. The van der Waals surface area contributed by atoms with Crippen LogP contribution in [-0.2, 0) is 0 Å². The number of nitrogens with one attached hydrogen (secondary N) is 2. The van der Waals surface area contributed by atoms with Crippen LogP contribution in [0.1, 0.15) is 21.1 Å². The summed E-state index contributed by atoms with van der Waals surface area (Å²) in [6.45, 7) is 7.69. The van der Waals surface area contributed by atoms with Gasteiger partial charge in [0, 0.05) is 44.4 Å². The zero-order valence-corrected chi connectivity index (χ0v) is 20.5. The number of thiazole rings is 1. The van der Waals surface area contributed by atoms with E-state index in [0.29, 0.717) is 28.9 Å². The number of nitrogens with zero attached hydrogens (tertiary/aromatic N) is 5. The van der Waals surface area contributed by atoms with E-state index in [2.05, 4.69) is 30.1 Å². The van der Waals surface area contributed by atoms with Crippen LogP contribution < -0.4 is 15.3 Å². The van der Waals surface area contributed by atoms with Gasteiger partial charge in [0.2, 0.25) is 0 Å². The van der Waals surface area contributed by atoms with E-state index in [0.717, 1.165) is 43.3 Å². The number of hydrogen-bond donors (Lipinski definition) is 3. The maximum absolute atomic E-state index is 12.8. The van der Waals surface area contributed by atoms with Gasteiger partial charge in [0.1, 0.15) is 22.5 Å². The second-order valence-corrected chi connectivity index (χ2v) is 9.39. The number of benzene rings is 1. The van der Waals surface area contributed by atoms with Crippen molar-refractivity contribution in [2.75, 3.05) is 49.5 Å². The molecule has 1 atom stereocenters. The summed E-state index contributed by atoms with van der Waals surface area (Å²) in [7, 11) is 0. The molecular formula is C22H26ClN7O3S. The quantitative estimate of drug-likeness (QED) is 0.415. The standard InChI is InChI=1S/C22H26ClN7O3S/c1-14-4-3-5-16(23)20(14)30(33)21(32)17-13-24-22(34-17)27-18-12-19(26-15(2)25-18)29-8-6-28(7-9-29)10-11-31/h3-5,12-13,30-31H,6-11H2,1-2H3,(H,24,25,26,27). The molecule has 3 aromatic rings. The Bertz CT molecular complexity index is 1150. The van der Waals surface area contributed by atoms with Gasteiger partial charge in [0.25, 0.3) is 0 Å². The maximum atomic E-state index is 12.8. The van der Waals surface area contributed by atoms with Gasteiger partial charge in [0.15, 0.2) is 15.7 Å². The van der Waals surface area contributed by atoms with Crippen LogP contribution in [0.15, 0.2) is 30.5 Å². The van der Waals surface area contributed by atoms with Gasteiger partial charge >= 0.3 is 5.91 Å². The Labute approximate surface area is 206 Å². The lowest BCUT2D eigenvalue weighted by Gasteiger charge is -2.35. The van der Waals surface area contributed by atoms with Crippen LogP contribution in [0, 0.1) is 19.1 Å². The van der Waals surface area contributed by atoms with Crippen molar-refractivity contribution in [3.8, 4) is 0 Å². The van der Waals surface area contributed by atoms with Crippen LogP contribution >= 0.6 is 22.9 Å². The first kappa shape index (κ1) is 24.5. The van der Waals surface area contributed by atoms with E-state index in [1.807, 2.05) is 13.0 Å². The molecule has 34 heavy (non-hydrogen) atoms. The van der Waals surface area contributed by atoms with E-state index in [1.54, 1.807) is 25.1 Å². The lowest BCUT2D eigenvalue weighted by molar-refractivity contribution is -0.679. The molecule has 1 fully saturated rings. The summed E-state index contributed by atoms with van der Waals surface area (Å²) < 4.78 is 0. The SMILES string of the molecule is Cc1nc(Nc2ncc(C(=O)[NH+]([O-])c3c(C)cccc3Cl)s2)cc(N2CCN(CCO)CC2)n1. The number of carbonyl (C=O) groups is 1. The Hall–Kier alpha value is -2.67. The Morgan fingerprint density at radius 1 is 1.26 bits per heavy atom. The minimum absolute atomic E-state index is 0.155. The van der Waals surface area contributed by atoms with E-state index in [1.165, 1.54) is 6.20 Å². The van der Waals surface area contributed by atoms with Gasteiger partial charge in [-0.2, -0.15) is 0 Å². The highest BCUT2D eigenvalue weighted by molar-refractivity contribution is 7.17. The highest BCUT2D eigenvalue weighted by atomic mass is 35.5. The topological polar surface area (TPSA) is 122 Å². The highest BCUT2D eigenvalue weighted by Crippen LogP contribution is 2.26. The molecular weight excluding hydrogens is 478 g/mol. The summed E-state index contributed by atoms with van der Waals surface area (Å²) in [5.41, 5.74) is 0.863. The Balaban J connectivity index is 1.46. The molecule has 1 unspecified atom stereocenters. The average Bonchev–Trinajstić information content (AvgIpc) is 3.27. The fraction of sp³-hybridized carbons (Fsp3) is 0.364. The van der Waals surface area contributed by atoms with Crippen molar-refractivity contribution in [2.45, 2.75) is 13.8 Å². The monoisotopic (exact) mass is 503 g/mol. The van der Waals surface area contributed by atoms with Crippen molar-refractivity contribution in [2.24, 2.45) is 0 Å². The van der Waals surface area contributed by atoms with Gasteiger partial charge in [0.05, 0.1) is 12.8 Å². The van der Waals surface area contributed by atoms with Crippen molar-refractivity contribution >= 4 is 51.3 Å². The van der Waals surface area contributed by atoms with E-state index < -0.39 is 11.0 Å². The smallest absolute Gasteiger partial charge is 0.361 e. The second-order valence-electron chi connectivity index (χ2n) is 7.96. The third-order valence-electron chi connectivity index (χ3n) is 5.56. The normalized spacial score (nSPS) is 15.4. The number of anilines is 3. The van der Waals surface area contributed by atoms with Crippen LogP contribution in [0.3, 0.4) is 0 Å². The third kappa shape index (κ3) is 5.52. The molecule has 180 valence electrons. The van der Waals surface area contributed by atoms with Gasteiger partial charge in [-0.25, -0.2) is 19.7 Å². The molecule has 0 saturated carbocycles. The van der Waals surface area contributed by atoms with E-state index in [4.69, 9.17) is 16.7 Å². The minimum Gasteiger partial charge on any atom is -0.621 e. The summed E-state index contributed by atoms with van der Waals surface area (Å²) in [5, 5.41) is 25.1. The molecule has 0 spiro atoms. The molecule has 1 aliphatic heterocycles. The first-order chi connectivity index (χ1) is 16.4. The molecule has 1 amide bonds. The third-order valence-corrected chi connectivity index (χ3v) is 6.78. The number of rotatable bonds is 7. The van der Waals surface area contributed by atoms with Crippen LogP contribution in [0.5, 0.6) is 0 Å². The van der Waals surface area contributed by atoms with Crippen LogP contribution in [-0.4, -0.2) is 70.2 Å². The molecule has 0 aliphatic carbocycles. The van der Waals surface area contributed by atoms with E-state index in [-0.39, 0.29) is 22.2 Å². The van der Waals surface area contributed by atoms with Gasteiger partial charge in [-0.1, -0.05) is 35.1 Å². The number of aliphatic hydroxyl groups is 1. The van der Waals surface area contributed by atoms with Gasteiger partial charge in [-0.15, -0.1) is 0 Å². The molecule has 1 saturated heterocycles. The second kappa shape index (κ2) is 10.7. The summed E-state index contributed by atoms with van der Waals surface area (Å²) in [6, 6.07) is 6.92. The molecule has 3 heterocycles. The molecule has 10 nitrogen and oxygen atoms in total. The van der Waals surface area contributed by atoms with Crippen LogP contribution in [0.4, 0.5) is 22.5 Å². The number of β-amino-alcohol motifs (C(OH)–C–C–N with tert-alkyl or cyclic N) is 1. The number of hydroxylamine groups is 1. The molecule has 2 aromatic heterocycles. The summed E-state index contributed by atoms with van der Waals surface area (Å²) in [5.74, 6) is 1.31. The van der Waals surface area contributed by atoms with Crippen LogP contribution in [0.25, 0.3) is 0 Å². The lowest BCUT2D eigenvalue weighted by atomic mass is 10.2. The molecule has 0 radical (unpaired) electrons. The zero-order valence-electron chi connectivity index (χ0n) is 18.9. The van der Waals surface area contributed by atoms with Crippen molar-refractivity contribution in [3.63, 3.8) is 0 Å². The van der Waals surface area contributed by atoms with Crippen molar-refractivity contribution in [3.05, 3.63) is 57.0 Å². The largest absolute Gasteiger partial charge is 0.621 e. The minimum atomic E-state index is -0.654. The van der Waals surface area contributed by atoms with Gasteiger partial charge in [-0.3, -0.25) is 9.96 Å². The predicted molar refractivity (Wildman–Crippen MR) is 132 cm³/mol. The van der Waals surface area contributed by atoms with Gasteiger partial charge in [-0.05, 0) is 19.9 Å². The molecule has 1 aromatic carbocycles. The lowest BCUT2D eigenvalue weighted by Crippen LogP contribution is -3.05. The predicted octanol–water partition coefficient (Wildman–Crippen LogP) is 1.92. The van der Waals surface area contributed by atoms with Crippen molar-refractivity contribution in [1.29, 1.82) is 0 Å². The first-order valence-electron chi connectivity index (χ1n) is 10.9.